The summed E-state index contributed by atoms with van der Waals surface area (Å²) in [7, 11) is 2.11. The highest BCUT2D eigenvalue weighted by atomic mass is 16.2. The molecule has 178 valence electrons. The lowest BCUT2D eigenvalue weighted by molar-refractivity contribution is -0.137. The van der Waals surface area contributed by atoms with Crippen molar-refractivity contribution in [1.29, 1.82) is 0 Å². The smallest absolute Gasteiger partial charge is 0.255 e. The zero-order valence-electron chi connectivity index (χ0n) is 19.0. The molecule has 0 bridgehead atoms. The third-order valence-corrected chi connectivity index (χ3v) is 6.85. The Morgan fingerprint density at radius 3 is 2.74 bits per heavy atom. The second kappa shape index (κ2) is 8.98. The number of benzene rings is 1. The van der Waals surface area contributed by atoms with Crippen molar-refractivity contribution >= 4 is 29.3 Å². The molecule has 0 spiro atoms. The molecule has 1 atom stereocenters. The Hall–Kier alpha value is -3.60. The zero-order valence-corrected chi connectivity index (χ0v) is 19.0. The number of aromatic nitrogens is 3. The lowest BCUT2D eigenvalue weighted by atomic mass is 9.94. The molecule has 0 saturated carbocycles. The van der Waals surface area contributed by atoms with Crippen LogP contribution in [0.2, 0.25) is 0 Å². The maximum absolute atomic E-state index is 12.9. The second-order valence-corrected chi connectivity index (χ2v) is 9.20. The Balaban J connectivity index is 1.25. The van der Waals surface area contributed by atoms with Crippen LogP contribution in [0.5, 0.6) is 0 Å². The molecule has 3 aliphatic heterocycles. The minimum Gasteiger partial charge on any atom is -0.324 e. The molecular formula is C23H27N7O4. The predicted octanol–water partition coefficient (Wildman–Crippen LogP) is 0.487. The van der Waals surface area contributed by atoms with Crippen molar-refractivity contribution < 1.29 is 19.2 Å². The highest BCUT2D eigenvalue weighted by molar-refractivity contribution is 6.06. The maximum Gasteiger partial charge on any atom is 0.255 e. The van der Waals surface area contributed by atoms with Gasteiger partial charge in [-0.15, -0.1) is 5.10 Å². The summed E-state index contributed by atoms with van der Waals surface area (Å²) >= 11 is 0. The van der Waals surface area contributed by atoms with Crippen LogP contribution in [0.25, 0.3) is 0 Å². The lowest BCUT2D eigenvalue weighted by Crippen LogP contribution is -2.52. The van der Waals surface area contributed by atoms with Gasteiger partial charge in [-0.2, -0.15) is 0 Å². The number of nitrogens with one attached hydrogen (secondary N) is 2. The first kappa shape index (κ1) is 22.2. The molecule has 0 radical (unpaired) electrons. The van der Waals surface area contributed by atoms with E-state index in [1.807, 2.05) is 6.20 Å². The van der Waals surface area contributed by atoms with Crippen LogP contribution in [-0.4, -0.2) is 74.6 Å². The van der Waals surface area contributed by atoms with Crippen molar-refractivity contribution in [3.63, 3.8) is 0 Å². The molecule has 4 amide bonds. The summed E-state index contributed by atoms with van der Waals surface area (Å²) in [4.78, 5) is 53.2. The van der Waals surface area contributed by atoms with Gasteiger partial charge in [0.05, 0.1) is 5.69 Å². The second-order valence-electron chi connectivity index (χ2n) is 9.20. The lowest BCUT2D eigenvalue weighted by Gasteiger charge is -2.29. The van der Waals surface area contributed by atoms with E-state index >= 15 is 0 Å². The van der Waals surface area contributed by atoms with E-state index in [0.29, 0.717) is 22.7 Å². The van der Waals surface area contributed by atoms with Crippen molar-refractivity contribution in [2.75, 3.05) is 25.5 Å². The average Bonchev–Trinajstić information content (AvgIpc) is 3.40. The summed E-state index contributed by atoms with van der Waals surface area (Å²) in [6.45, 7) is 2.24. The molecule has 3 aliphatic rings. The Kier molecular flexibility index (Phi) is 5.86. The number of imide groups is 1. The molecule has 1 aromatic heterocycles. The van der Waals surface area contributed by atoms with Gasteiger partial charge < -0.3 is 15.1 Å². The third kappa shape index (κ3) is 4.30. The fraction of sp³-hybridized carbons (Fsp3) is 0.478. The van der Waals surface area contributed by atoms with Crippen molar-refractivity contribution in [3.05, 3.63) is 41.2 Å². The monoisotopic (exact) mass is 465 g/mol. The first-order valence-electron chi connectivity index (χ1n) is 11.5. The van der Waals surface area contributed by atoms with Gasteiger partial charge in [-0.05, 0) is 51.5 Å². The minimum absolute atomic E-state index is 0.00803. The standard InChI is InChI=1S/C23H27N7O4/c1-28-9-7-14(8-10-28)18-12-29(27-26-18)13-21(32)24-17-4-2-3-15-16(17)11-30(23(15)34)19-5-6-20(31)25-22(19)33/h2-4,12,14,19H,5-11,13H2,1H3,(H,24,32)(H,25,31,33). The molecule has 4 heterocycles. The topological polar surface area (TPSA) is 130 Å². The Labute approximate surface area is 196 Å². The number of amides is 4. The van der Waals surface area contributed by atoms with Gasteiger partial charge in [0.2, 0.25) is 17.7 Å². The number of rotatable bonds is 5. The average molecular weight is 466 g/mol. The van der Waals surface area contributed by atoms with Gasteiger partial charge in [0.15, 0.2) is 0 Å². The number of nitrogens with zero attached hydrogens (tertiary/aromatic N) is 5. The number of likely N-dealkylation sites (tertiary alicyclic amines) is 1. The molecule has 1 aromatic carbocycles. The number of hydrogen-bond donors (Lipinski definition) is 2. The van der Waals surface area contributed by atoms with Crippen molar-refractivity contribution in [2.45, 2.75) is 50.7 Å². The zero-order chi connectivity index (χ0) is 23.8. The molecule has 11 heteroatoms. The maximum atomic E-state index is 12.9. The van der Waals surface area contributed by atoms with E-state index in [4.69, 9.17) is 0 Å². The SMILES string of the molecule is CN1CCC(c2cn(CC(=O)Nc3cccc4c3CN(C3CCC(=O)NC3=O)C4=O)nn2)CC1. The van der Waals surface area contributed by atoms with Crippen LogP contribution < -0.4 is 10.6 Å². The number of hydrogen-bond acceptors (Lipinski definition) is 7. The molecule has 1 unspecified atom stereocenters. The van der Waals surface area contributed by atoms with Crippen LogP contribution in [0, 0.1) is 0 Å². The summed E-state index contributed by atoms with van der Waals surface area (Å²) in [5.41, 5.74) is 2.55. The third-order valence-electron chi connectivity index (χ3n) is 6.85. The quantitative estimate of drug-likeness (QED) is 0.615. The van der Waals surface area contributed by atoms with Gasteiger partial charge >= 0.3 is 0 Å². The van der Waals surface area contributed by atoms with Gasteiger partial charge in [-0.1, -0.05) is 11.3 Å². The Morgan fingerprint density at radius 1 is 1.18 bits per heavy atom. The van der Waals surface area contributed by atoms with Crippen LogP contribution >= 0.6 is 0 Å². The predicted molar refractivity (Wildman–Crippen MR) is 121 cm³/mol. The Morgan fingerprint density at radius 2 is 1.97 bits per heavy atom. The molecule has 2 N–H and O–H groups in total. The van der Waals surface area contributed by atoms with E-state index in [1.165, 1.54) is 9.58 Å². The molecule has 11 nitrogen and oxygen atoms in total. The summed E-state index contributed by atoms with van der Waals surface area (Å²) < 4.78 is 1.53. The molecule has 2 fully saturated rings. The molecular weight excluding hydrogens is 438 g/mol. The van der Waals surface area contributed by atoms with Gasteiger partial charge in [0.25, 0.3) is 5.91 Å². The van der Waals surface area contributed by atoms with E-state index < -0.39 is 11.9 Å². The summed E-state index contributed by atoms with van der Waals surface area (Å²) in [5, 5.41) is 13.6. The first-order valence-corrected chi connectivity index (χ1v) is 11.5. The molecule has 5 rings (SSSR count). The van der Waals surface area contributed by atoms with E-state index in [1.54, 1.807) is 18.2 Å². The fourth-order valence-electron chi connectivity index (χ4n) is 4.92. The first-order chi connectivity index (χ1) is 16.4. The molecule has 34 heavy (non-hydrogen) atoms. The minimum atomic E-state index is -0.700. The highest BCUT2D eigenvalue weighted by Gasteiger charge is 2.40. The van der Waals surface area contributed by atoms with Crippen molar-refractivity contribution in [2.24, 2.45) is 0 Å². The number of carbonyl (C=O) groups excluding carboxylic acids is 4. The van der Waals surface area contributed by atoms with E-state index in [2.05, 4.69) is 32.9 Å². The van der Waals surface area contributed by atoms with Crippen LogP contribution in [0.1, 0.15) is 53.2 Å². The highest BCUT2D eigenvalue weighted by Crippen LogP contribution is 2.32. The van der Waals surface area contributed by atoms with E-state index in [9.17, 15) is 19.2 Å². The Bertz CT molecular complexity index is 1150. The number of piperidine rings is 2. The molecule has 0 aliphatic carbocycles. The van der Waals surface area contributed by atoms with Gasteiger partial charge in [-0.3, -0.25) is 24.5 Å². The van der Waals surface area contributed by atoms with Crippen molar-refractivity contribution in [3.8, 4) is 0 Å². The normalized spacial score (nSPS) is 21.5. The number of fused-ring (bicyclic) bond motifs is 1. The largest absolute Gasteiger partial charge is 0.324 e. The van der Waals surface area contributed by atoms with Crippen LogP contribution in [0.4, 0.5) is 5.69 Å². The van der Waals surface area contributed by atoms with Gasteiger partial charge in [0.1, 0.15) is 12.6 Å². The summed E-state index contributed by atoms with van der Waals surface area (Å²) in [6.07, 6.45) is 4.36. The van der Waals surface area contributed by atoms with Crippen LogP contribution in [-0.2, 0) is 27.5 Å². The van der Waals surface area contributed by atoms with E-state index in [0.717, 1.165) is 31.6 Å². The number of carbonyl (C=O) groups is 4. The van der Waals surface area contributed by atoms with E-state index in [-0.39, 0.29) is 43.7 Å². The number of anilines is 1. The summed E-state index contributed by atoms with van der Waals surface area (Å²) in [6, 6.07) is 4.43. The van der Waals surface area contributed by atoms with Gasteiger partial charge in [-0.25, -0.2) is 4.68 Å². The van der Waals surface area contributed by atoms with Gasteiger partial charge in [0, 0.05) is 41.9 Å². The molecule has 2 saturated heterocycles. The fourth-order valence-corrected chi connectivity index (χ4v) is 4.92. The van der Waals surface area contributed by atoms with Crippen LogP contribution in [0.15, 0.2) is 24.4 Å². The molecule has 2 aromatic rings. The summed E-state index contributed by atoms with van der Waals surface area (Å²) in [5.74, 6) is -0.991. The van der Waals surface area contributed by atoms with Crippen LogP contribution in [0.3, 0.4) is 0 Å². The van der Waals surface area contributed by atoms with Crippen molar-refractivity contribution in [1.82, 2.24) is 30.1 Å².